The Morgan fingerprint density at radius 1 is 0.784 bits per heavy atom. The van der Waals surface area contributed by atoms with Gasteiger partial charge in [-0.15, -0.1) is 0 Å². The Morgan fingerprint density at radius 2 is 1.46 bits per heavy atom. The van der Waals surface area contributed by atoms with Gasteiger partial charge >= 0.3 is 0 Å². The van der Waals surface area contributed by atoms with Crippen LogP contribution in [0, 0.1) is 12.8 Å². The van der Waals surface area contributed by atoms with Crippen molar-refractivity contribution >= 4 is 27.3 Å². The van der Waals surface area contributed by atoms with Gasteiger partial charge in [-0.25, -0.2) is 8.42 Å². The summed E-state index contributed by atoms with van der Waals surface area (Å²) in [4.78, 5) is 13.1. The minimum absolute atomic E-state index is 0.0330. The third kappa shape index (κ3) is 7.08. The van der Waals surface area contributed by atoms with E-state index in [2.05, 4.69) is 17.0 Å². The van der Waals surface area contributed by atoms with Gasteiger partial charge in [-0.2, -0.15) is 0 Å². The van der Waals surface area contributed by atoms with Gasteiger partial charge in [-0.1, -0.05) is 85.6 Å². The molecule has 4 aromatic rings. The molecule has 5 nitrogen and oxygen atoms in total. The summed E-state index contributed by atoms with van der Waals surface area (Å²) in [5.41, 5.74) is 5.27. The number of anilines is 2. The van der Waals surface area contributed by atoms with E-state index in [9.17, 15) is 13.2 Å². The summed E-state index contributed by atoms with van der Waals surface area (Å²) in [6, 6.07) is 31.8. The zero-order valence-corrected chi connectivity index (χ0v) is 22.0. The average molecular weight is 513 g/mol. The largest absolute Gasteiger partial charge is 0.326 e. The number of sulfonamides is 1. The van der Waals surface area contributed by atoms with Crippen molar-refractivity contribution in [2.75, 3.05) is 10.0 Å². The first kappa shape index (κ1) is 26.2. The van der Waals surface area contributed by atoms with Crippen molar-refractivity contribution < 1.29 is 13.2 Å². The second-order valence-corrected chi connectivity index (χ2v) is 10.9. The normalized spacial score (nSPS) is 12.1. The van der Waals surface area contributed by atoms with Crippen molar-refractivity contribution in [1.82, 2.24) is 0 Å². The van der Waals surface area contributed by atoms with E-state index in [1.807, 2.05) is 79.7 Å². The lowest BCUT2D eigenvalue weighted by molar-refractivity contribution is -0.120. The van der Waals surface area contributed by atoms with E-state index in [1.165, 1.54) is 0 Å². The monoisotopic (exact) mass is 512 g/mol. The second kappa shape index (κ2) is 11.9. The van der Waals surface area contributed by atoms with Crippen LogP contribution in [0.2, 0.25) is 0 Å². The summed E-state index contributed by atoms with van der Waals surface area (Å²) in [5.74, 6) is -0.0822. The highest BCUT2D eigenvalue weighted by Crippen LogP contribution is 2.26. The van der Waals surface area contributed by atoms with Gasteiger partial charge in [-0.3, -0.25) is 9.52 Å². The topological polar surface area (TPSA) is 75.3 Å². The standard InChI is InChI=1S/C31H32N2O3S/c1-3-8-27(31(34)32-28-10-5-4-6-11-28)21-24-15-17-25(18-16-24)26-9-7-12-29(22-26)33-37(35,36)30-19-13-23(2)14-20-30/h4-7,9-20,22,27,33H,3,8,21H2,1-2H3,(H,32,34). The molecule has 0 aliphatic carbocycles. The molecule has 0 bridgehead atoms. The zero-order chi connectivity index (χ0) is 26.3. The Labute approximate surface area is 219 Å². The van der Waals surface area contributed by atoms with Gasteiger partial charge in [0, 0.05) is 17.3 Å². The number of benzene rings is 4. The van der Waals surface area contributed by atoms with Crippen LogP contribution in [0.4, 0.5) is 11.4 Å². The van der Waals surface area contributed by atoms with Crippen LogP contribution in [0.3, 0.4) is 0 Å². The van der Waals surface area contributed by atoms with Crippen LogP contribution in [0.15, 0.2) is 108 Å². The molecule has 37 heavy (non-hydrogen) atoms. The van der Waals surface area contributed by atoms with Crippen LogP contribution >= 0.6 is 0 Å². The van der Waals surface area contributed by atoms with Gasteiger partial charge in [0.25, 0.3) is 10.0 Å². The van der Waals surface area contributed by atoms with Gasteiger partial charge in [-0.05, 0) is 72.9 Å². The first-order valence-electron chi connectivity index (χ1n) is 12.5. The molecule has 1 amide bonds. The molecule has 0 fully saturated rings. The van der Waals surface area contributed by atoms with Gasteiger partial charge in [0.15, 0.2) is 0 Å². The van der Waals surface area contributed by atoms with E-state index in [4.69, 9.17) is 0 Å². The number of hydrogen-bond donors (Lipinski definition) is 2. The van der Waals surface area contributed by atoms with E-state index in [0.29, 0.717) is 12.1 Å². The lowest BCUT2D eigenvalue weighted by Gasteiger charge is -2.17. The maximum Gasteiger partial charge on any atom is 0.261 e. The van der Waals surface area contributed by atoms with Crippen molar-refractivity contribution in [3.05, 3.63) is 114 Å². The Balaban J connectivity index is 1.45. The molecule has 0 aromatic heterocycles. The summed E-state index contributed by atoms with van der Waals surface area (Å²) in [6.07, 6.45) is 2.39. The van der Waals surface area contributed by atoms with Crippen molar-refractivity contribution in [3.63, 3.8) is 0 Å². The molecule has 1 atom stereocenters. The van der Waals surface area contributed by atoms with Crippen molar-refractivity contribution in [3.8, 4) is 11.1 Å². The lowest BCUT2D eigenvalue weighted by atomic mass is 9.93. The van der Waals surface area contributed by atoms with Gasteiger partial charge in [0.05, 0.1) is 4.90 Å². The number of aryl methyl sites for hydroxylation is 1. The number of carbonyl (C=O) groups is 1. The Kier molecular flexibility index (Phi) is 8.41. The zero-order valence-electron chi connectivity index (χ0n) is 21.1. The molecule has 2 N–H and O–H groups in total. The highest BCUT2D eigenvalue weighted by molar-refractivity contribution is 7.92. The minimum atomic E-state index is -3.67. The molecule has 6 heteroatoms. The van der Waals surface area contributed by atoms with Gasteiger partial charge in [0.1, 0.15) is 0 Å². The number of hydrogen-bond acceptors (Lipinski definition) is 3. The summed E-state index contributed by atoms with van der Waals surface area (Å²) < 4.78 is 28.3. The number of para-hydroxylation sites is 1. The van der Waals surface area contributed by atoms with Crippen LogP contribution < -0.4 is 10.0 Å². The van der Waals surface area contributed by atoms with Crippen molar-refractivity contribution in [1.29, 1.82) is 0 Å². The number of nitrogens with one attached hydrogen (secondary N) is 2. The summed E-state index contributed by atoms with van der Waals surface area (Å²) in [5, 5.41) is 3.03. The van der Waals surface area contributed by atoms with Crippen LogP contribution in [-0.4, -0.2) is 14.3 Å². The lowest BCUT2D eigenvalue weighted by Crippen LogP contribution is -2.24. The molecule has 0 aliphatic heterocycles. The summed E-state index contributed by atoms with van der Waals surface area (Å²) in [6.45, 7) is 4.01. The third-order valence-electron chi connectivity index (χ3n) is 6.26. The highest BCUT2D eigenvalue weighted by Gasteiger charge is 2.19. The fourth-order valence-electron chi connectivity index (χ4n) is 4.25. The molecule has 0 saturated heterocycles. The Bertz CT molecular complexity index is 1430. The SMILES string of the molecule is CCCC(Cc1ccc(-c2cccc(NS(=O)(=O)c3ccc(C)cc3)c2)cc1)C(=O)Nc1ccccc1. The molecule has 0 aliphatic rings. The first-order valence-corrected chi connectivity index (χ1v) is 14.0. The van der Waals surface area contributed by atoms with Crippen LogP contribution in [0.25, 0.3) is 11.1 Å². The molecular weight excluding hydrogens is 480 g/mol. The maximum atomic E-state index is 12.9. The predicted octanol–water partition coefficient (Wildman–Crippen LogP) is 7.06. The summed E-state index contributed by atoms with van der Waals surface area (Å²) in [7, 11) is -3.67. The van der Waals surface area contributed by atoms with Crippen molar-refractivity contribution in [2.45, 2.75) is 38.0 Å². The fourth-order valence-corrected chi connectivity index (χ4v) is 5.30. The van der Waals surface area contributed by atoms with Crippen LogP contribution in [-0.2, 0) is 21.2 Å². The Morgan fingerprint density at radius 3 is 2.14 bits per heavy atom. The van der Waals surface area contributed by atoms with Gasteiger partial charge in [0.2, 0.25) is 5.91 Å². The van der Waals surface area contributed by atoms with E-state index >= 15 is 0 Å². The molecule has 0 heterocycles. The molecule has 1 unspecified atom stereocenters. The predicted molar refractivity (Wildman–Crippen MR) is 151 cm³/mol. The highest BCUT2D eigenvalue weighted by atomic mass is 32.2. The Hall–Kier alpha value is -3.90. The van der Waals surface area contributed by atoms with Crippen molar-refractivity contribution in [2.24, 2.45) is 5.92 Å². The van der Waals surface area contributed by atoms with Gasteiger partial charge < -0.3 is 5.32 Å². The maximum absolute atomic E-state index is 12.9. The molecule has 0 saturated carbocycles. The molecular formula is C31H32N2O3S. The second-order valence-electron chi connectivity index (χ2n) is 9.24. The molecule has 0 radical (unpaired) electrons. The molecule has 4 aromatic carbocycles. The molecule has 190 valence electrons. The van der Waals surface area contributed by atoms with Crippen LogP contribution in [0.5, 0.6) is 0 Å². The fraction of sp³-hybridized carbons (Fsp3) is 0.194. The average Bonchev–Trinajstić information content (AvgIpc) is 2.89. The molecule has 0 spiro atoms. The number of amides is 1. The smallest absolute Gasteiger partial charge is 0.261 e. The minimum Gasteiger partial charge on any atom is -0.326 e. The van der Waals surface area contributed by atoms with E-state index < -0.39 is 10.0 Å². The van der Waals surface area contributed by atoms with E-state index in [0.717, 1.165) is 40.8 Å². The molecule has 4 rings (SSSR count). The van der Waals surface area contributed by atoms with E-state index in [-0.39, 0.29) is 16.7 Å². The number of carbonyl (C=O) groups excluding carboxylic acids is 1. The third-order valence-corrected chi connectivity index (χ3v) is 7.66. The first-order chi connectivity index (χ1) is 17.8. The number of rotatable bonds is 10. The summed E-state index contributed by atoms with van der Waals surface area (Å²) >= 11 is 0. The van der Waals surface area contributed by atoms with E-state index in [1.54, 1.807) is 30.3 Å². The van der Waals surface area contributed by atoms with Crippen LogP contribution in [0.1, 0.15) is 30.9 Å². The quantitative estimate of drug-likeness (QED) is 0.239.